The van der Waals surface area contributed by atoms with E-state index in [0.29, 0.717) is 0 Å². The van der Waals surface area contributed by atoms with E-state index in [0.717, 1.165) is 0 Å². The molecule has 0 aliphatic heterocycles. The zero-order valence-electron chi connectivity index (χ0n) is 8.11. The van der Waals surface area contributed by atoms with Gasteiger partial charge >= 0.3 is 0 Å². The van der Waals surface area contributed by atoms with Crippen LogP contribution in [0.25, 0.3) is 0 Å². The van der Waals surface area contributed by atoms with Gasteiger partial charge in [-0.15, -0.1) is 0 Å². The minimum absolute atomic E-state index is 0.0576. The van der Waals surface area contributed by atoms with Crippen molar-refractivity contribution in [2.24, 2.45) is 0 Å². The summed E-state index contributed by atoms with van der Waals surface area (Å²) in [6.07, 6.45) is -1.14. The van der Waals surface area contributed by atoms with Crippen LogP contribution in [-0.4, -0.2) is 34.9 Å². The number of aliphatic hydroxyl groups is 2. The molecule has 0 saturated heterocycles. The summed E-state index contributed by atoms with van der Waals surface area (Å²) in [5.41, 5.74) is -0.0576. The van der Waals surface area contributed by atoms with Gasteiger partial charge < -0.3 is 15.5 Å². The third kappa shape index (κ3) is 2.85. The molecule has 0 fully saturated rings. The third-order valence-corrected chi connectivity index (χ3v) is 2.24. The summed E-state index contributed by atoms with van der Waals surface area (Å²) < 4.78 is 13.4. The van der Waals surface area contributed by atoms with Gasteiger partial charge in [-0.05, 0) is 13.1 Å². The molecule has 2 unspecified atom stereocenters. The number of pyridine rings is 1. The first-order valence-electron chi connectivity index (χ1n) is 4.38. The predicted octanol–water partition coefficient (Wildman–Crippen LogP) is 0.488. The van der Waals surface area contributed by atoms with Crippen LogP contribution in [0.3, 0.4) is 0 Å². The quantitative estimate of drug-likeness (QED) is 0.664. The van der Waals surface area contributed by atoms with Gasteiger partial charge in [-0.2, -0.15) is 0 Å². The highest BCUT2D eigenvalue weighted by Crippen LogP contribution is 2.23. The molecule has 4 nitrogen and oxygen atoms in total. The van der Waals surface area contributed by atoms with Gasteiger partial charge in [-0.1, -0.05) is 11.6 Å². The fourth-order valence-corrected chi connectivity index (χ4v) is 1.35. The fourth-order valence-electron chi connectivity index (χ4n) is 1.19. The zero-order valence-corrected chi connectivity index (χ0v) is 8.87. The largest absolute Gasteiger partial charge is 0.389 e. The van der Waals surface area contributed by atoms with Gasteiger partial charge in [-0.3, -0.25) is 0 Å². The average molecular weight is 235 g/mol. The van der Waals surface area contributed by atoms with Crippen molar-refractivity contribution >= 4 is 11.6 Å². The van der Waals surface area contributed by atoms with Crippen LogP contribution in [-0.2, 0) is 0 Å². The number of nitrogens with one attached hydrogen (secondary N) is 1. The molecule has 15 heavy (non-hydrogen) atoms. The Balaban J connectivity index is 2.90. The molecule has 84 valence electrons. The van der Waals surface area contributed by atoms with Crippen molar-refractivity contribution in [2.75, 3.05) is 13.6 Å². The number of halogens is 2. The number of likely N-dealkylation sites (N-methyl/N-ethyl adjacent to an activating group) is 1. The number of aromatic nitrogens is 1. The molecule has 0 amide bonds. The van der Waals surface area contributed by atoms with Gasteiger partial charge in [0.15, 0.2) is 11.0 Å². The fraction of sp³-hybridized carbons (Fsp3) is 0.444. The van der Waals surface area contributed by atoms with Crippen LogP contribution in [0.15, 0.2) is 12.3 Å². The van der Waals surface area contributed by atoms with Crippen LogP contribution < -0.4 is 5.32 Å². The molecule has 0 aromatic carbocycles. The molecule has 0 bridgehead atoms. The minimum Gasteiger partial charge on any atom is -0.389 e. The van der Waals surface area contributed by atoms with Gasteiger partial charge in [0.1, 0.15) is 6.10 Å². The smallest absolute Gasteiger partial charge is 0.166 e. The maximum atomic E-state index is 13.4. The van der Waals surface area contributed by atoms with E-state index < -0.39 is 18.0 Å². The third-order valence-electron chi connectivity index (χ3n) is 1.97. The molecule has 1 rings (SSSR count). The Bertz CT molecular complexity index is 338. The molecular formula is C9H12ClFN2O2. The lowest BCUT2D eigenvalue weighted by molar-refractivity contribution is 0.0181. The summed E-state index contributed by atoms with van der Waals surface area (Å²) in [6, 6.07) is 1.28. The lowest BCUT2D eigenvalue weighted by atomic mass is 10.1. The molecule has 0 aliphatic carbocycles. The first-order valence-corrected chi connectivity index (χ1v) is 4.76. The van der Waals surface area contributed by atoms with E-state index in [-0.39, 0.29) is 17.3 Å². The van der Waals surface area contributed by atoms with Crippen molar-refractivity contribution in [3.8, 4) is 0 Å². The van der Waals surface area contributed by atoms with Crippen molar-refractivity contribution in [2.45, 2.75) is 12.2 Å². The topological polar surface area (TPSA) is 65.4 Å². The SMILES string of the molecule is CNCC(O)C(O)c1ccnc(Cl)c1F. The summed E-state index contributed by atoms with van der Waals surface area (Å²) in [5, 5.41) is 21.4. The van der Waals surface area contributed by atoms with Crippen molar-refractivity contribution in [3.63, 3.8) is 0 Å². The number of hydrogen-bond acceptors (Lipinski definition) is 4. The predicted molar refractivity (Wildman–Crippen MR) is 54.1 cm³/mol. The summed E-state index contributed by atoms with van der Waals surface area (Å²) in [4.78, 5) is 3.51. The van der Waals surface area contributed by atoms with Crippen molar-refractivity contribution in [1.29, 1.82) is 0 Å². The number of hydrogen-bond donors (Lipinski definition) is 3. The maximum Gasteiger partial charge on any atom is 0.166 e. The first kappa shape index (κ1) is 12.3. The monoisotopic (exact) mass is 234 g/mol. The van der Waals surface area contributed by atoms with E-state index in [1.165, 1.54) is 12.3 Å². The summed E-state index contributed by atoms with van der Waals surface area (Å²) in [6.45, 7) is 0.153. The van der Waals surface area contributed by atoms with Crippen LogP contribution in [0.1, 0.15) is 11.7 Å². The zero-order chi connectivity index (χ0) is 11.4. The van der Waals surface area contributed by atoms with Crippen LogP contribution in [0.5, 0.6) is 0 Å². The van der Waals surface area contributed by atoms with E-state index in [1.54, 1.807) is 7.05 Å². The molecule has 0 radical (unpaired) electrons. The van der Waals surface area contributed by atoms with Crippen LogP contribution in [0.4, 0.5) is 4.39 Å². The van der Waals surface area contributed by atoms with Gasteiger partial charge in [0.2, 0.25) is 0 Å². The highest BCUT2D eigenvalue weighted by atomic mass is 35.5. The van der Waals surface area contributed by atoms with Gasteiger partial charge in [0.25, 0.3) is 0 Å². The molecule has 3 N–H and O–H groups in total. The molecule has 1 heterocycles. The number of aliphatic hydroxyl groups excluding tert-OH is 2. The Morgan fingerprint density at radius 3 is 2.87 bits per heavy atom. The summed E-state index contributed by atoms with van der Waals surface area (Å²) >= 11 is 5.45. The van der Waals surface area contributed by atoms with Crippen LogP contribution in [0, 0.1) is 5.82 Å². The average Bonchev–Trinajstić information content (AvgIpc) is 2.21. The molecule has 1 aromatic heterocycles. The lowest BCUT2D eigenvalue weighted by Gasteiger charge is -2.18. The second-order valence-corrected chi connectivity index (χ2v) is 3.43. The Labute approximate surface area is 91.7 Å². The molecule has 0 spiro atoms. The summed E-state index contributed by atoms with van der Waals surface area (Å²) in [5.74, 6) is -0.804. The Hall–Kier alpha value is -0.750. The standard InChI is InChI=1S/C9H12ClFN2O2/c1-12-4-6(14)8(15)5-2-3-13-9(10)7(5)11/h2-3,6,8,12,14-15H,4H2,1H3. The van der Waals surface area contributed by atoms with Gasteiger partial charge in [0, 0.05) is 18.3 Å². The van der Waals surface area contributed by atoms with Crippen molar-refractivity contribution in [3.05, 3.63) is 28.8 Å². The second-order valence-electron chi connectivity index (χ2n) is 3.07. The van der Waals surface area contributed by atoms with E-state index in [1.807, 2.05) is 0 Å². The molecule has 2 atom stereocenters. The van der Waals surface area contributed by atoms with Crippen molar-refractivity contribution in [1.82, 2.24) is 10.3 Å². The molecule has 1 aromatic rings. The Kier molecular flexibility index (Phi) is 4.41. The first-order chi connectivity index (χ1) is 7.07. The molecular weight excluding hydrogens is 223 g/mol. The molecule has 0 aliphatic rings. The lowest BCUT2D eigenvalue weighted by Crippen LogP contribution is -2.30. The van der Waals surface area contributed by atoms with E-state index in [9.17, 15) is 14.6 Å². The molecule has 6 heteroatoms. The van der Waals surface area contributed by atoms with Gasteiger partial charge in [0.05, 0.1) is 6.10 Å². The van der Waals surface area contributed by atoms with E-state index in [2.05, 4.69) is 10.3 Å². The molecule has 0 saturated carbocycles. The highest BCUT2D eigenvalue weighted by Gasteiger charge is 2.22. The maximum absolute atomic E-state index is 13.4. The van der Waals surface area contributed by atoms with Crippen molar-refractivity contribution < 1.29 is 14.6 Å². The number of rotatable bonds is 4. The van der Waals surface area contributed by atoms with E-state index in [4.69, 9.17) is 11.6 Å². The minimum atomic E-state index is -1.32. The van der Waals surface area contributed by atoms with E-state index >= 15 is 0 Å². The van der Waals surface area contributed by atoms with Crippen LogP contribution >= 0.6 is 11.6 Å². The van der Waals surface area contributed by atoms with Crippen LogP contribution in [0.2, 0.25) is 5.15 Å². The summed E-state index contributed by atoms with van der Waals surface area (Å²) in [7, 11) is 1.62. The van der Waals surface area contributed by atoms with Gasteiger partial charge in [-0.25, -0.2) is 9.37 Å². The normalized spacial score (nSPS) is 15.0. The number of nitrogens with zero attached hydrogens (tertiary/aromatic N) is 1. The Morgan fingerprint density at radius 2 is 2.27 bits per heavy atom. The second kappa shape index (κ2) is 5.37. The highest BCUT2D eigenvalue weighted by molar-refractivity contribution is 6.29. The Morgan fingerprint density at radius 1 is 1.60 bits per heavy atom.